The van der Waals surface area contributed by atoms with Crippen molar-refractivity contribution in [1.29, 1.82) is 0 Å². The van der Waals surface area contributed by atoms with E-state index in [9.17, 15) is 4.79 Å². The van der Waals surface area contributed by atoms with Gasteiger partial charge in [0.2, 0.25) is 0 Å². The van der Waals surface area contributed by atoms with Crippen LogP contribution in [-0.2, 0) is 11.3 Å². The molecule has 0 aromatic carbocycles. The van der Waals surface area contributed by atoms with Gasteiger partial charge in [-0.15, -0.1) is 0 Å². The predicted molar refractivity (Wildman–Crippen MR) is 86.7 cm³/mol. The number of carbonyl (C=O) groups is 1. The molecule has 0 aliphatic heterocycles. The Morgan fingerprint density at radius 2 is 1.81 bits per heavy atom. The molecule has 0 N–H and O–H groups in total. The number of hydrogen-bond donors (Lipinski definition) is 0. The summed E-state index contributed by atoms with van der Waals surface area (Å²) < 4.78 is 0. The second kappa shape index (κ2) is 5.53. The van der Waals surface area contributed by atoms with Crippen LogP contribution in [0.1, 0.15) is 67.6 Å². The first-order valence-electron chi connectivity index (χ1n) is 7.89. The van der Waals surface area contributed by atoms with E-state index in [1.54, 1.807) is 6.92 Å². The SMILES string of the molecule is CC(=O)C1(N(C)Cc2c(C)nc(C(C)C)c(C)c2C)CC1. The smallest absolute Gasteiger partial charge is 0.150 e. The molecule has 1 heterocycles. The monoisotopic (exact) mass is 288 g/mol. The molecule has 3 heteroatoms. The fourth-order valence-electron chi connectivity index (χ4n) is 3.33. The van der Waals surface area contributed by atoms with Crippen molar-refractivity contribution in [2.75, 3.05) is 7.05 Å². The van der Waals surface area contributed by atoms with Crippen LogP contribution in [0.5, 0.6) is 0 Å². The van der Waals surface area contributed by atoms with Crippen molar-refractivity contribution in [1.82, 2.24) is 9.88 Å². The number of aromatic nitrogens is 1. The average molecular weight is 288 g/mol. The molecule has 0 atom stereocenters. The highest BCUT2D eigenvalue weighted by Crippen LogP contribution is 2.42. The summed E-state index contributed by atoms with van der Waals surface area (Å²) >= 11 is 0. The van der Waals surface area contributed by atoms with Gasteiger partial charge in [0, 0.05) is 17.9 Å². The van der Waals surface area contributed by atoms with Crippen LogP contribution in [-0.4, -0.2) is 28.3 Å². The van der Waals surface area contributed by atoms with Crippen LogP contribution in [0.3, 0.4) is 0 Å². The third-order valence-electron chi connectivity index (χ3n) is 5.18. The topological polar surface area (TPSA) is 33.2 Å². The molecule has 0 bridgehead atoms. The van der Waals surface area contributed by atoms with E-state index in [1.165, 1.54) is 22.4 Å². The minimum absolute atomic E-state index is 0.205. The molecule has 1 aliphatic rings. The Morgan fingerprint density at radius 3 is 2.24 bits per heavy atom. The Morgan fingerprint density at radius 1 is 1.24 bits per heavy atom. The van der Waals surface area contributed by atoms with Gasteiger partial charge in [-0.3, -0.25) is 14.7 Å². The predicted octanol–water partition coefficient (Wildman–Crippen LogP) is 3.68. The summed E-state index contributed by atoms with van der Waals surface area (Å²) in [6.45, 7) is 13.3. The highest BCUT2D eigenvalue weighted by molar-refractivity contribution is 5.89. The molecule has 0 unspecified atom stereocenters. The van der Waals surface area contributed by atoms with Gasteiger partial charge in [-0.2, -0.15) is 0 Å². The number of carbonyl (C=O) groups excluding carboxylic acids is 1. The number of nitrogens with zero attached hydrogens (tertiary/aromatic N) is 2. The minimum atomic E-state index is -0.205. The number of likely N-dealkylation sites (N-methyl/N-ethyl adjacent to an activating group) is 1. The third kappa shape index (κ3) is 2.76. The number of aryl methyl sites for hydroxylation is 1. The van der Waals surface area contributed by atoms with Crippen molar-refractivity contribution >= 4 is 5.78 Å². The summed E-state index contributed by atoms with van der Waals surface area (Å²) in [5.41, 5.74) is 6.01. The Labute approximate surface area is 128 Å². The molecule has 0 saturated heterocycles. The lowest BCUT2D eigenvalue weighted by Crippen LogP contribution is -2.39. The fraction of sp³-hybridized carbons (Fsp3) is 0.667. The highest BCUT2D eigenvalue weighted by atomic mass is 16.1. The Kier molecular flexibility index (Phi) is 4.25. The van der Waals surface area contributed by atoms with Crippen molar-refractivity contribution in [3.63, 3.8) is 0 Å². The lowest BCUT2D eigenvalue weighted by atomic mass is 9.95. The maximum atomic E-state index is 11.9. The van der Waals surface area contributed by atoms with Crippen LogP contribution < -0.4 is 0 Å². The van der Waals surface area contributed by atoms with Crippen LogP contribution in [0.2, 0.25) is 0 Å². The summed E-state index contributed by atoms with van der Waals surface area (Å²) in [4.78, 5) is 18.9. The molecule has 3 nitrogen and oxygen atoms in total. The molecule has 21 heavy (non-hydrogen) atoms. The summed E-state index contributed by atoms with van der Waals surface area (Å²) in [5, 5.41) is 0. The first-order chi connectivity index (χ1) is 9.70. The third-order valence-corrected chi connectivity index (χ3v) is 5.18. The number of hydrogen-bond acceptors (Lipinski definition) is 3. The van der Waals surface area contributed by atoms with E-state index in [4.69, 9.17) is 4.98 Å². The second-order valence-corrected chi connectivity index (χ2v) is 6.91. The molecule has 1 aromatic heterocycles. The summed E-state index contributed by atoms with van der Waals surface area (Å²) in [5.74, 6) is 0.741. The highest BCUT2D eigenvalue weighted by Gasteiger charge is 2.50. The Balaban J connectivity index is 2.33. The van der Waals surface area contributed by atoms with E-state index in [1.807, 2.05) is 0 Å². The number of Topliss-reactive ketones (excluding diaryl/α,β-unsaturated/α-hetero) is 1. The Bertz CT molecular complexity index is 571. The zero-order chi connectivity index (χ0) is 15.9. The first-order valence-corrected chi connectivity index (χ1v) is 7.89. The zero-order valence-corrected chi connectivity index (χ0v) is 14.5. The molecule has 1 fully saturated rings. The van der Waals surface area contributed by atoms with Gasteiger partial charge in [-0.1, -0.05) is 13.8 Å². The maximum Gasteiger partial charge on any atom is 0.150 e. The zero-order valence-electron chi connectivity index (χ0n) is 14.5. The summed E-state index contributed by atoms with van der Waals surface area (Å²) in [6, 6.07) is 0. The van der Waals surface area contributed by atoms with Crippen LogP contribution in [0.4, 0.5) is 0 Å². The normalized spacial score (nSPS) is 16.6. The lowest BCUT2D eigenvalue weighted by molar-refractivity contribution is -0.123. The average Bonchev–Trinajstić information content (AvgIpc) is 3.19. The van der Waals surface area contributed by atoms with Gasteiger partial charge in [-0.05, 0) is 70.2 Å². The molecule has 1 saturated carbocycles. The number of rotatable bonds is 5. The summed E-state index contributed by atoms with van der Waals surface area (Å²) in [6.07, 6.45) is 1.99. The second-order valence-electron chi connectivity index (χ2n) is 6.91. The quantitative estimate of drug-likeness (QED) is 0.828. The Hall–Kier alpha value is -1.22. The van der Waals surface area contributed by atoms with Gasteiger partial charge in [-0.25, -0.2) is 0 Å². The van der Waals surface area contributed by atoms with Gasteiger partial charge in [0.15, 0.2) is 0 Å². The van der Waals surface area contributed by atoms with Crippen LogP contribution in [0.15, 0.2) is 0 Å². The van der Waals surface area contributed by atoms with E-state index in [0.29, 0.717) is 11.7 Å². The molecular weight excluding hydrogens is 260 g/mol. The van der Waals surface area contributed by atoms with Crippen molar-refractivity contribution in [3.8, 4) is 0 Å². The van der Waals surface area contributed by atoms with Crippen LogP contribution in [0, 0.1) is 20.8 Å². The van der Waals surface area contributed by atoms with Crippen LogP contribution >= 0.6 is 0 Å². The molecular formula is C18H28N2O. The van der Waals surface area contributed by atoms with E-state index < -0.39 is 0 Å². The van der Waals surface area contributed by atoms with Gasteiger partial charge in [0.1, 0.15) is 5.78 Å². The molecule has 0 spiro atoms. The molecule has 2 rings (SSSR count). The van der Waals surface area contributed by atoms with Crippen molar-refractivity contribution in [3.05, 3.63) is 28.1 Å². The molecule has 116 valence electrons. The van der Waals surface area contributed by atoms with Crippen molar-refractivity contribution < 1.29 is 4.79 Å². The number of pyridine rings is 1. The van der Waals surface area contributed by atoms with Gasteiger partial charge < -0.3 is 0 Å². The fourth-order valence-corrected chi connectivity index (χ4v) is 3.33. The van der Waals surface area contributed by atoms with E-state index in [2.05, 4.69) is 46.6 Å². The van der Waals surface area contributed by atoms with Gasteiger partial charge in [0.05, 0.1) is 5.54 Å². The summed E-state index contributed by atoms with van der Waals surface area (Å²) in [7, 11) is 2.07. The standard InChI is InChI=1S/C18H28N2O/c1-11(2)17-13(4)12(3)16(14(5)19-17)10-20(7)18(8-9-18)15(6)21/h11H,8-10H2,1-7H3. The maximum absolute atomic E-state index is 11.9. The van der Waals surface area contributed by atoms with Crippen molar-refractivity contribution in [2.45, 2.75) is 72.4 Å². The van der Waals surface area contributed by atoms with Gasteiger partial charge in [0.25, 0.3) is 0 Å². The molecule has 0 amide bonds. The van der Waals surface area contributed by atoms with Crippen molar-refractivity contribution in [2.24, 2.45) is 0 Å². The molecule has 1 aromatic rings. The van der Waals surface area contributed by atoms with E-state index >= 15 is 0 Å². The van der Waals surface area contributed by atoms with E-state index in [0.717, 1.165) is 25.1 Å². The van der Waals surface area contributed by atoms with Crippen LogP contribution in [0.25, 0.3) is 0 Å². The first kappa shape index (κ1) is 16.2. The minimum Gasteiger partial charge on any atom is -0.298 e. The molecule has 0 radical (unpaired) electrons. The molecule has 1 aliphatic carbocycles. The number of ketones is 1. The van der Waals surface area contributed by atoms with E-state index in [-0.39, 0.29) is 5.54 Å². The largest absolute Gasteiger partial charge is 0.298 e. The lowest BCUT2D eigenvalue weighted by Gasteiger charge is -2.28. The van der Waals surface area contributed by atoms with Gasteiger partial charge >= 0.3 is 0 Å².